The summed E-state index contributed by atoms with van der Waals surface area (Å²) in [6, 6.07) is 6.48. The molecule has 0 heterocycles. The van der Waals surface area contributed by atoms with Crippen molar-refractivity contribution in [2.24, 2.45) is 5.73 Å². The van der Waals surface area contributed by atoms with Crippen LogP contribution in [0.15, 0.2) is 18.2 Å². The first-order chi connectivity index (χ1) is 9.10. The molecule has 3 N–H and O–H groups in total. The summed E-state index contributed by atoms with van der Waals surface area (Å²) in [5.41, 5.74) is 7.12. The van der Waals surface area contributed by atoms with Crippen molar-refractivity contribution in [2.75, 3.05) is 6.54 Å². The van der Waals surface area contributed by atoms with E-state index in [-0.39, 0.29) is 5.75 Å². The Kier molecular flexibility index (Phi) is 5.08. The molecular formula is C15H23ClN2O. The van der Waals surface area contributed by atoms with Gasteiger partial charge >= 0.3 is 0 Å². The van der Waals surface area contributed by atoms with Crippen molar-refractivity contribution in [3.8, 4) is 5.75 Å². The maximum atomic E-state index is 9.45. The predicted molar refractivity (Wildman–Crippen MR) is 79.4 cm³/mol. The van der Waals surface area contributed by atoms with Crippen molar-refractivity contribution in [3.63, 3.8) is 0 Å². The van der Waals surface area contributed by atoms with Crippen LogP contribution in [0.1, 0.15) is 38.2 Å². The van der Waals surface area contributed by atoms with Gasteiger partial charge < -0.3 is 10.8 Å². The second-order valence-corrected chi connectivity index (χ2v) is 5.82. The molecule has 4 heteroatoms. The molecule has 0 atom stereocenters. The highest BCUT2D eigenvalue weighted by molar-refractivity contribution is 6.32. The summed E-state index contributed by atoms with van der Waals surface area (Å²) >= 11 is 5.96. The standard InChI is InChI=1S/C15H23ClN2O/c1-2-18(13-6-4-12(17)5-7-13)10-11-3-8-15(19)14(16)9-11/h3,8-9,12-13,19H,2,4-7,10,17H2,1H3. The van der Waals surface area contributed by atoms with Gasteiger partial charge in [-0.3, -0.25) is 4.90 Å². The second-order valence-electron chi connectivity index (χ2n) is 5.42. The highest BCUT2D eigenvalue weighted by atomic mass is 35.5. The molecule has 19 heavy (non-hydrogen) atoms. The van der Waals surface area contributed by atoms with Crippen LogP contribution in [0.4, 0.5) is 0 Å². The van der Waals surface area contributed by atoms with Gasteiger partial charge in [0, 0.05) is 18.6 Å². The van der Waals surface area contributed by atoms with E-state index in [0.717, 1.165) is 31.5 Å². The summed E-state index contributed by atoms with van der Waals surface area (Å²) in [6.07, 6.45) is 4.61. The molecule has 1 aliphatic rings. The summed E-state index contributed by atoms with van der Waals surface area (Å²) in [5, 5.41) is 9.88. The fourth-order valence-corrected chi connectivity index (χ4v) is 3.05. The zero-order valence-corrected chi connectivity index (χ0v) is 12.2. The quantitative estimate of drug-likeness (QED) is 0.892. The van der Waals surface area contributed by atoms with Gasteiger partial charge in [-0.1, -0.05) is 24.6 Å². The summed E-state index contributed by atoms with van der Waals surface area (Å²) in [7, 11) is 0. The SMILES string of the molecule is CCN(Cc1ccc(O)c(Cl)c1)C1CCC(N)CC1. The summed E-state index contributed by atoms with van der Waals surface area (Å²) in [6.45, 7) is 4.10. The molecule has 0 aliphatic heterocycles. The average Bonchev–Trinajstić information content (AvgIpc) is 2.41. The van der Waals surface area contributed by atoms with Gasteiger partial charge in [0.1, 0.15) is 5.75 Å². The van der Waals surface area contributed by atoms with Gasteiger partial charge in [0.25, 0.3) is 0 Å². The molecule has 3 nitrogen and oxygen atoms in total. The van der Waals surface area contributed by atoms with E-state index < -0.39 is 0 Å². The van der Waals surface area contributed by atoms with Gasteiger partial charge in [-0.25, -0.2) is 0 Å². The molecule has 1 aromatic carbocycles. The van der Waals surface area contributed by atoms with Crippen LogP contribution in [0.3, 0.4) is 0 Å². The Hall–Kier alpha value is -0.770. The van der Waals surface area contributed by atoms with Gasteiger partial charge in [0.15, 0.2) is 0 Å². The Balaban J connectivity index is 2.00. The van der Waals surface area contributed by atoms with Crippen molar-refractivity contribution in [3.05, 3.63) is 28.8 Å². The van der Waals surface area contributed by atoms with E-state index in [9.17, 15) is 5.11 Å². The zero-order valence-electron chi connectivity index (χ0n) is 11.5. The highest BCUT2D eigenvalue weighted by Crippen LogP contribution is 2.27. The molecule has 1 saturated carbocycles. The molecule has 0 saturated heterocycles. The number of rotatable bonds is 4. The van der Waals surface area contributed by atoms with E-state index in [0.29, 0.717) is 17.1 Å². The van der Waals surface area contributed by atoms with E-state index in [1.807, 2.05) is 12.1 Å². The van der Waals surface area contributed by atoms with E-state index in [4.69, 9.17) is 17.3 Å². The lowest BCUT2D eigenvalue weighted by Gasteiger charge is -2.35. The minimum Gasteiger partial charge on any atom is -0.506 e. The average molecular weight is 283 g/mol. The molecule has 0 radical (unpaired) electrons. The van der Waals surface area contributed by atoms with E-state index in [1.54, 1.807) is 6.07 Å². The summed E-state index contributed by atoms with van der Waals surface area (Å²) in [5.74, 6) is 0.150. The molecule has 0 amide bonds. The van der Waals surface area contributed by atoms with Crippen LogP contribution in [-0.4, -0.2) is 28.6 Å². The fraction of sp³-hybridized carbons (Fsp3) is 0.600. The second kappa shape index (κ2) is 6.60. The maximum absolute atomic E-state index is 9.45. The number of phenolic OH excluding ortho intramolecular Hbond substituents is 1. The zero-order chi connectivity index (χ0) is 13.8. The molecule has 106 valence electrons. The molecule has 1 fully saturated rings. The van der Waals surface area contributed by atoms with Crippen LogP contribution < -0.4 is 5.73 Å². The molecule has 0 spiro atoms. The molecule has 0 unspecified atom stereocenters. The Morgan fingerprint density at radius 1 is 1.32 bits per heavy atom. The minimum absolute atomic E-state index is 0.150. The molecule has 1 aliphatic carbocycles. The monoisotopic (exact) mass is 282 g/mol. The lowest BCUT2D eigenvalue weighted by molar-refractivity contribution is 0.149. The molecule has 0 bridgehead atoms. The van der Waals surface area contributed by atoms with Crippen LogP contribution in [0.25, 0.3) is 0 Å². The number of benzene rings is 1. The number of nitrogens with zero attached hydrogens (tertiary/aromatic N) is 1. The number of halogens is 1. The number of aromatic hydroxyl groups is 1. The summed E-state index contributed by atoms with van der Waals surface area (Å²) in [4.78, 5) is 2.48. The van der Waals surface area contributed by atoms with Crippen molar-refractivity contribution >= 4 is 11.6 Å². The molecule has 2 rings (SSSR count). The Morgan fingerprint density at radius 2 is 2.00 bits per heavy atom. The predicted octanol–water partition coefficient (Wildman–Crippen LogP) is 3.14. The van der Waals surface area contributed by atoms with Gasteiger partial charge in [-0.05, 0) is 49.9 Å². The van der Waals surface area contributed by atoms with Gasteiger partial charge in [0.2, 0.25) is 0 Å². The fourth-order valence-electron chi connectivity index (χ4n) is 2.85. The molecule has 0 aromatic heterocycles. The van der Waals surface area contributed by atoms with Crippen molar-refractivity contribution in [1.29, 1.82) is 0 Å². The topological polar surface area (TPSA) is 49.5 Å². The number of hydrogen-bond donors (Lipinski definition) is 2. The first-order valence-electron chi connectivity index (χ1n) is 7.07. The first-order valence-corrected chi connectivity index (χ1v) is 7.45. The van der Waals surface area contributed by atoms with Crippen molar-refractivity contribution < 1.29 is 5.11 Å². The third kappa shape index (κ3) is 3.85. The lowest BCUT2D eigenvalue weighted by Crippen LogP contribution is -2.40. The Bertz CT molecular complexity index is 417. The van der Waals surface area contributed by atoms with Crippen LogP contribution in [-0.2, 0) is 6.54 Å². The number of nitrogens with two attached hydrogens (primary N) is 1. The van der Waals surface area contributed by atoms with Crippen LogP contribution in [0.2, 0.25) is 5.02 Å². The molecular weight excluding hydrogens is 260 g/mol. The van der Waals surface area contributed by atoms with E-state index >= 15 is 0 Å². The largest absolute Gasteiger partial charge is 0.506 e. The minimum atomic E-state index is 0.150. The van der Waals surface area contributed by atoms with Crippen LogP contribution in [0.5, 0.6) is 5.75 Å². The molecule has 1 aromatic rings. The van der Waals surface area contributed by atoms with Crippen molar-refractivity contribution in [1.82, 2.24) is 4.90 Å². The normalized spacial score (nSPS) is 23.8. The summed E-state index contributed by atoms with van der Waals surface area (Å²) < 4.78 is 0. The smallest absolute Gasteiger partial charge is 0.134 e. The van der Waals surface area contributed by atoms with E-state index in [1.165, 1.54) is 12.8 Å². The lowest BCUT2D eigenvalue weighted by atomic mass is 9.90. The van der Waals surface area contributed by atoms with Crippen LogP contribution in [0, 0.1) is 0 Å². The van der Waals surface area contributed by atoms with Gasteiger partial charge in [-0.2, -0.15) is 0 Å². The van der Waals surface area contributed by atoms with Gasteiger partial charge in [-0.15, -0.1) is 0 Å². The third-order valence-corrected chi connectivity index (χ3v) is 4.36. The van der Waals surface area contributed by atoms with Crippen LogP contribution >= 0.6 is 11.6 Å². The maximum Gasteiger partial charge on any atom is 0.134 e. The number of hydrogen-bond acceptors (Lipinski definition) is 3. The third-order valence-electron chi connectivity index (χ3n) is 4.06. The first kappa shape index (κ1) is 14.6. The highest BCUT2D eigenvalue weighted by Gasteiger charge is 2.23. The Labute approximate surface area is 120 Å². The number of phenols is 1. The van der Waals surface area contributed by atoms with E-state index in [2.05, 4.69) is 11.8 Å². The van der Waals surface area contributed by atoms with Crippen molar-refractivity contribution in [2.45, 2.75) is 51.2 Å². The Morgan fingerprint density at radius 3 is 2.58 bits per heavy atom. The van der Waals surface area contributed by atoms with Gasteiger partial charge in [0.05, 0.1) is 5.02 Å².